The molecule has 0 bridgehead atoms. The number of aliphatic hydroxyl groups is 2. The average molecular weight is 883 g/mol. The minimum atomic E-state index is -0.688. The van der Waals surface area contributed by atoms with Gasteiger partial charge in [-0.1, -0.05) is 6.42 Å². The third kappa shape index (κ3) is 10.7. The number of likely N-dealkylation sites (tertiary alicyclic amines) is 1. The van der Waals surface area contributed by atoms with Crippen LogP contribution in [0.4, 0.5) is 20.2 Å². The number of aliphatic hydroxyl groups excluding tert-OH is 2. The molecule has 64 heavy (non-hydrogen) atoms. The summed E-state index contributed by atoms with van der Waals surface area (Å²) >= 11 is 0. The number of aryl methyl sites for hydroxylation is 2. The van der Waals surface area contributed by atoms with E-state index in [-0.39, 0.29) is 36.7 Å². The number of hydrogen-bond donors (Lipinski definition) is 8. The summed E-state index contributed by atoms with van der Waals surface area (Å²) in [6, 6.07) is 8.28. The number of halogens is 2. The van der Waals surface area contributed by atoms with Crippen molar-refractivity contribution >= 4 is 58.3 Å². The molecule has 6 heterocycles. The molecule has 2 saturated heterocycles. The smallest absolute Gasteiger partial charge is 0.256 e. The number of β-amino-alcohol motifs (C(OH)–C–C–N with tert-alkyl or cyclic N) is 2. The summed E-state index contributed by atoms with van der Waals surface area (Å²) in [4.78, 5) is 61.1. The van der Waals surface area contributed by atoms with Crippen molar-refractivity contribution < 1.29 is 42.9 Å². The quantitative estimate of drug-likeness (QED) is 0.0942. The van der Waals surface area contributed by atoms with Gasteiger partial charge in [0.1, 0.15) is 11.6 Å². The van der Waals surface area contributed by atoms with E-state index < -0.39 is 23.8 Å². The molecular formula is C47H56F2N8O7. The number of nitrogens with zero attached hydrogens (tertiary/aromatic N) is 2. The van der Waals surface area contributed by atoms with Crippen LogP contribution in [0.1, 0.15) is 85.0 Å². The molecule has 15 nitrogen and oxygen atoms in total. The highest BCUT2D eigenvalue weighted by Gasteiger charge is 2.28. The zero-order chi connectivity index (χ0) is 45.7. The first kappa shape index (κ1) is 46.0. The van der Waals surface area contributed by atoms with Gasteiger partial charge in [0.2, 0.25) is 0 Å². The van der Waals surface area contributed by atoms with Gasteiger partial charge in [0, 0.05) is 84.5 Å². The van der Waals surface area contributed by atoms with E-state index in [0.29, 0.717) is 105 Å². The molecular weight excluding hydrogens is 827 g/mol. The van der Waals surface area contributed by atoms with Crippen molar-refractivity contribution in [3.63, 3.8) is 0 Å². The molecule has 0 unspecified atom stereocenters. The summed E-state index contributed by atoms with van der Waals surface area (Å²) in [5.74, 6) is -2.07. The molecule has 0 radical (unpaired) electrons. The van der Waals surface area contributed by atoms with Crippen LogP contribution in [-0.4, -0.2) is 131 Å². The van der Waals surface area contributed by atoms with E-state index in [1.807, 2.05) is 0 Å². The molecule has 8 rings (SSSR count). The number of nitrogens with one attached hydrogen (secondary N) is 6. The van der Waals surface area contributed by atoms with Gasteiger partial charge in [0.15, 0.2) is 0 Å². The molecule has 4 aromatic rings. The minimum absolute atomic E-state index is 0.131. The van der Waals surface area contributed by atoms with Crippen molar-refractivity contribution in [1.29, 1.82) is 0 Å². The number of H-pyrrole nitrogens is 2. The molecule has 0 saturated carbocycles. The van der Waals surface area contributed by atoms with E-state index in [2.05, 4.69) is 41.0 Å². The van der Waals surface area contributed by atoms with Gasteiger partial charge in [0.25, 0.3) is 23.6 Å². The monoisotopic (exact) mass is 882 g/mol. The fourth-order valence-corrected chi connectivity index (χ4v) is 8.66. The molecule has 0 aliphatic carbocycles. The van der Waals surface area contributed by atoms with Gasteiger partial charge in [-0.3, -0.25) is 24.1 Å². The topological polar surface area (TPSA) is 204 Å². The molecule has 2 aromatic heterocycles. The van der Waals surface area contributed by atoms with Crippen LogP contribution >= 0.6 is 0 Å². The fraction of sp³-hybridized carbons (Fsp3) is 0.404. The van der Waals surface area contributed by atoms with Crippen LogP contribution in [0.3, 0.4) is 0 Å². The summed E-state index contributed by atoms with van der Waals surface area (Å²) in [7, 11) is 0. The van der Waals surface area contributed by atoms with Crippen LogP contribution < -0.4 is 21.3 Å². The highest BCUT2D eigenvalue weighted by Crippen LogP contribution is 2.36. The lowest BCUT2D eigenvalue weighted by Crippen LogP contribution is -2.44. The van der Waals surface area contributed by atoms with Crippen molar-refractivity contribution in [2.24, 2.45) is 0 Å². The number of fused-ring (bicyclic) bond motifs is 2. The fourth-order valence-electron chi connectivity index (χ4n) is 8.66. The Labute approximate surface area is 370 Å². The second kappa shape index (κ2) is 20.2. The Bertz CT molecular complexity index is 2310. The molecule has 4 amide bonds. The molecule has 2 fully saturated rings. The number of ether oxygens (including phenoxy) is 1. The molecule has 4 aliphatic heterocycles. The van der Waals surface area contributed by atoms with Crippen molar-refractivity contribution in [3.8, 4) is 0 Å². The third-order valence-electron chi connectivity index (χ3n) is 12.0. The summed E-state index contributed by atoms with van der Waals surface area (Å²) in [6.45, 7) is 13.3. The SMILES string of the molecule is Cc1[nH]c(/C=C2\C(=O)Nc3ccc(F)cc32)c(C)c1C(=O)NC[C@@H](O)CN1CCCCC1.Cc1[nH]c(/C=C2\C(=O)Nc3ccc(F)cc32)c(C)c1C(=O)NC[C@H](O)CN1CCOCC1. The minimum Gasteiger partial charge on any atom is -0.390 e. The van der Waals surface area contributed by atoms with E-state index in [1.165, 1.54) is 42.8 Å². The van der Waals surface area contributed by atoms with Gasteiger partial charge in [-0.05, 0) is 113 Å². The van der Waals surface area contributed by atoms with Gasteiger partial charge < -0.3 is 51.1 Å². The van der Waals surface area contributed by atoms with Gasteiger partial charge in [0.05, 0.1) is 47.7 Å². The number of aromatic amines is 2. The van der Waals surface area contributed by atoms with E-state index >= 15 is 0 Å². The first-order chi connectivity index (χ1) is 30.7. The highest BCUT2D eigenvalue weighted by molar-refractivity contribution is 6.35. The van der Waals surface area contributed by atoms with Crippen molar-refractivity contribution in [2.75, 3.05) is 76.2 Å². The number of carbonyl (C=O) groups excluding carboxylic acids is 4. The number of rotatable bonds is 12. The van der Waals surface area contributed by atoms with E-state index in [4.69, 9.17) is 4.74 Å². The predicted molar refractivity (Wildman–Crippen MR) is 241 cm³/mol. The Hall–Kier alpha value is -5.98. The predicted octanol–water partition coefficient (Wildman–Crippen LogP) is 4.53. The molecule has 17 heteroatoms. The Kier molecular flexibility index (Phi) is 14.6. The Morgan fingerprint density at radius 3 is 1.55 bits per heavy atom. The lowest BCUT2D eigenvalue weighted by Gasteiger charge is -2.28. The second-order valence-corrected chi connectivity index (χ2v) is 16.7. The number of benzene rings is 2. The first-order valence-corrected chi connectivity index (χ1v) is 21.7. The maximum atomic E-state index is 13.7. The van der Waals surface area contributed by atoms with Crippen molar-refractivity contribution in [3.05, 3.63) is 104 Å². The lowest BCUT2D eigenvalue weighted by atomic mass is 10.0. The highest BCUT2D eigenvalue weighted by atomic mass is 19.1. The van der Waals surface area contributed by atoms with E-state index in [0.717, 1.165) is 39.0 Å². The number of amides is 4. The van der Waals surface area contributed by atoms with Crippen LogP contribution in [0.5, 0.6) is 0 Å². The van der Waals surface area contributed by atoms with Crippen LogP contribution in [0, 0.1) is 39.3 Å². The van der Waals surface area contributed by atoms with Crippen LogP contribution in [0.15, 0.2) is 36.4 Å². The lowest BCUT2D eigenvalue weighted by molar-refractivity contribution is -0.111. The summed E-state index contributed by atoms with van der Waals surface area (Å²) in [5, 5.41) is 31.7. The zero-order valence-electron chi connectivity index (χ0n) is 36.6. The Morgan fingerprint density at radius 1 is 0.688 bits per heavy atom. The first-order valence-electron chi connectivity index (χ1n) is 21.7. The van der Waals surface area contributed by atoms with Crippen molar-refractivity contribution in [1.82, 2.24) is 30.4 Å². The number of morpholine rings is 1. The Morgan fingerprint density at radius 2 is 1.11 bits per heavy atom. The average Bonchev–Trinajstić information content (AvgIpc) is 3.94. The van der Waals surface area contributed by atoms with Crippen molar-refractivity contribution in [2.45, 2.75) is 59.2 Å². The Balaban J connectivity index is 0.000000191. The molecule has 2 atom stereocenters. The second-order valence-electron chi connectivity index (χ2n) is 16.7. The number of aromatic nitrogens is 2. The largest absolute Gasteiger partial charge is 0.390 e. The zero-order valence-corrected chi connectivity index (χ0v) is 36.6. The molecule has 4 aliphatic rings. The maximum Gasteiger partial charge on any atom is 0.256 e. The van der Waals surface area contributed by atoms with Gasteiger partial charge >= 0.3 is 0 Å². The van der Waals surface area contributed by atoms with Gasteiger partial charge in [-0.15, -0.1) is 0 Å². The number of carbonyl (C=O) groups is 4. The van der Waals surface area contributed by atoms with Crippen LogP contribution in [0.25, 0.3) is 23.3 Å². The molecule has 2 aromatic carbocycles. The molecule has 0 spiro atoms. The summed E-state index contributed by atoms with van der Waals surface area (Å²) < 4.78 is 32.7. The summed E-state index contributed by atoms with van der Waals surface area (Å²) in [6.07, 6.45) is 5.48. The normalized spacial score (nSPS) is 18.5. The number of anilines is 2. The van der Waals surface area contributed by atoms with E-state index in [9.17, 15) is 38.2 Å². The number of hydrogen-bond acceptors (Lipinski definition) is 9. The van der Waals surface area contributed by atoms with Gasteiger partial charge in [-0.25, -0.2) is 8.78 Å². The molecule has 8 N–H and O–H groups in total. The summed E-state index contributed by atoms with van der Waals surface area (Å²) in [5.41, 5.74) is 7.60. The van der Waals surface area contributed by atoms with Gasteiger partial charge in [-0.2, -0.15) is 0 Å². The van der Waals surface area contributed by atoms with E-state index in [1.54, 1.807) is 39.8 Å². The maximum absolute atomic E-state index is 13.7. The van der Waals surface area contributed by atoms with Crippen LogP contribution in [-0.2, 0) is 14.3 Å². The standard InChI is InChI=1S/C24H29FN4O3.C23H27FN4O4/c1-14-21(11-19-18-10-16(25)6-7-20(18)28-23(19)31)27-15(2)22(14)24(32)26-12-17(30)13-29-8-4-3-5-9-29;1-13-20(10-18-17-9-15(24)3-4-19(17)27-22(18)30)26-14(2)21(13)23(31)25-11-16(29)12-28-5-7-32-8-6-28/h6-7,10-11,17,27,30H,3-5,8-9,12-13H2,1-2H3,(H,26,32)(H,28,31);3-4,9-10,16,26,29H,5-8,11-12H2,1-2H3,(H,25,31)(H,27,30)/b19-11-;18-10-/t17-;16-/m10/s1. The van der Waals surface area contributed by atoms with Crippen LogP contribution in [0.2, 0.25) is 0 Å². The third-order valence-corrected chi connectivity index (χ3v) is 12.0. The number of piperidine rings is 1. The molecule has 340 valence electrons.